The van der Waals surface area contributed by atoms with Crippen LogP contribution in [-0.2, 0) is 4.79 Å². The van der Waals surface area contributed by atoms with Crippen molar-refractivity contribution in [1.82, 2.24) is 14.8 Å². The first-order chi connectivity index (χ1) is 14.5. The minimum absolute atomic E-state index is 0.0928. The van der Waals surface area contributed by atoms with Crippen LogP contribution in [0.3, 0.4) is 0 Å². The van der Waals surface area contributed by atoms with E-state index in [-0.39, 0.29) is 17.7 Å². The van der Waals surface area contributed by atoms with Gasteiger partial charge in [0.15, 0.2) is 0 Å². The molecule has 1 aromatic carbocycles. The van der Waals surface area contributed by atoms with Gasteiger partial charge in [0, 0.05) is 25.8 Å². The Morgan fingerprint density at radius 1 is 1.23 bits per heavy atom. The molecule has 1 aliphatic rings. The molecule has 1 unspecified atom stereocenters. The quantitative estimate of drug-likeness (QED) is 0.760. The third kappa shape index (κ3) is 5.57. The van der Waals surface area contributed by atoms with Gasteiger partial charge in [-0.05, 0) is 57.6 Å². The van der Waals surface area contributed by atoms with Crippen LogP contribution in [0.5, 0.6) is 5.75 Å². The van der Waals surface area contributed by atoms with Gasteiger partial charge in [0.25, 0.3) is 5.91 Å². The van der Waals surface area contributed by atoms with Crippen molar-refractivity contribution in [2.45, 2.75) is 19.8 Å². The molecule has 30 heavy (non-hydrogen) atoms. The molecule has 1 N–H and O–H groups in total. The van der Waals surface area contributed by atoms with Crippen LogP contribution in [0.2, 0.25) is 0 Å². The number of rotatable bonds is 7. The molecule has 1 atom stereocenters. The van der Waals surface area contributed by atoms with Crippen molar-refractivity contribution in [1.29, 1.82) is 0 Å². The number of hydrogen-bond donors (Lipinski definition) is 1. The Hall–Kier alpha value is -2.93. The lowest BCUT2D eigenvalue weighted by molar-refractivity contribution is -0.121. The molecule has 2 amide bonds. The summed E-state index contributed by atoms with van der Waals surface area (Å²) in [5, 5.41) is 2.91. The molecule has 0 bridgehead atoms. The van der Waals surface area contributed by atoms with Crippen molar-refractivity contribution < 1.29 is 14.3 Å². The number of anilines is 1. The first-order valence-corrected chi connectivity index (χ1v) is 10.3. The summed E-state index contributed by atoms with van der Waals surface area (Å²) in [6.45, 7) is 4.21. The highest BCUT2D eigenvalue weighted by Gasteiger charge is 2.30. The smallest absolute Gasteiger partial charge is 0.257 e. The Bertz CT molecular complexity index is 884. The number of benzene rings is 1. The van der Waals surface area contributed by atoms with E-state index in [4.69, 9.17) is 4.74 Å². The van der Waals surface area contributed by atoms with Gasteiger partial charge < -0.3 is 19.9 Å². The molecular formula is C23H30N4O3. The highest BCUT2D eigenvalue weighted by Crippen LogP contribution is 2.25. The molecule has 0 saturated carbocycles. The second-order valence-corrected chi connectivity index (χ2v) is 7.90. The van der Waals surface area contributed by atoms with Gasteiger partial charge in [-0.15, -0.1) is 0 Å². The van der Waals surface area contributed by atoms with E-state index >= 15 is 0 Å². The number of likely N-dealkylation sites (N-methyl/N-ethyl adjacent to an activating group) is 1. The predicted molar refractivity (Wildman–Crippen MR) is 117 cm³/mol. The molecule has 0 spiro atoms. The van der Waals surface area contributed by atoms with Crippen LogP contribution >= 0.6 is 0 Å². The molecule has 7 heteroatoms. The van der Waals surface area contributed by atoms with Crippen LogP contribution < -0.4 is 10.1 Å². The zero-order valence-electron chi connectivity index (χ0n) is 17.9. The normalized spacial score (nSPS) is 16.4. The van der Waals surface area contributed by atoms with E-state index in [2.05, 4.69) is 10.3 Å². The third-order valence-electron chi connectivity index (χ3n) is 5.24. The Morgan fingerprint density at radius 3 is 2.80 bits per heavy atom. The van der Waals surface area contributed by atoms with E-state index < -0.39 is 0 Å². The summed E-state index contributed by atoms with van der Waals surface area (Å²) in [4.78, 5) is 34.0. The molecular weight excluding hydrogens is 380 g/mol. The van der Waals surface area contributed by atoms with E-state index in [1.54, 1.807) is 17.2 Å². The Balaban J connectivity index is 1.66. The summed E-state index contributed by atoms with van der Waals surface area (Å²) in [6, 6.07) is 11.1. The Kier molecular flexibility index (Phi) is 7.41. The maximum atomic E-state index is 13.2. The van der Waals surface area contributed by atoms with Gasteiger partial charge in [-0.2, -0.15) is 0 Å². The first-order valence-electron chi connectivity index (χ1n) is 10.3. The topological polar surface area (TPSA) is 74.8 Å². The SMILES string of the molecule is Cc1cccnc1NC(=O)C1CCCN(C(=O)c2ccccc2OCCN(C)C)C1. The average Bonchev–Trinajstić information content (AvgIpc) is 2.75. The van der Waals surface area contributed by atoms with E-state index in [0.717, 1.165) is 24.9 Å². The molecule has 0 aliphatic carbocycles. The van der Waals surface area contributed by atoms with E-state index in [1.807, 2.05) is 56.3 Å². The van der Waals surface area contributed by atoms with Gasteiger partial charge in [0.2, 0.25) is 5.91 Å². The fourth-order valence-corrected chi connectivity index (χ4v) is 3.49. The van der Waals surface area contributed by atoms with Crippen molar-refractivity contribution >= 4 is 17.6 Å². The highest BCUT2D eigenvalue weighted by atomic mass is 16.5. The number of likely N-dealkylation sites (tertiary alicyclic amines) is 1. The second kappa shape index (κ2) is 10.2. The summed E-state index contributed by atoms with van der Waals surface area (Å²) in [6.07, 6.45) is 3.20. The molecule has 3 rings (SSSR count). The standard InChI is InChI=1S/C23H30N4O3/c1-17-8-6-12-24-21(17)25-22(28)18-9-7-13-27(16-18)23(29)19-10-4-5-11-20(19)30-15-14-26(2)3/h4-6,8,10-12,18H,7,9,13-16H2,1-3H3,(H,24,25,28). The van der Waals surface area contributed by atoms with Crippen LogP contribution in [-0.4, -0.2) is 66.9 Å². The minimum atomic E-state index is -0.258. The molecule has 1 aliphatic heterocycles. The third-order valence-corrected chi connectivity index (χ3v) is 5.24. The fourth-order valence-electron chi connectivity index (χ4n) is 3.49. The number of piperidine rings is 1. The number of amides is 2. The van der Waals surface area contributed by atoms with Crippen LogP contribution in [0.4, 0.5) is 5.82 Å². The largest absolute Gasteiger partial charge is 0.491 e. The van der Waals surface area contributed by atoms with Crippen LogP contribution in [0.25, 0.3) is 0 Å². The maximum absolute atomic E-state index is 13.2. The predicted octanol–water partition coefficient (Wildman–Crippen LogP) is 2.82. The highest BCUT2D eigenvalue weighted by molar-refractivity contribution is 5.98. The molecule has 7 nitrogen and oxygen atoms in total. The van der Waals surface area contributed by atoms with E-state index in [0.29, 0.717) is 36.8 Å². The summed E-state index contributed by atoms with van der Waals surface area (Å²) < 4.78 is 5.85. The zero-order chi connectivity index (χ0) is 21.5. The molecule has 2 aromatic rings. The summed E-state index contributed by atoms with van der Waals surface area (Å²) in [7, 11) is 3.96. The molecule has 1 aromatic heterocycles. The second-order valence-electron chi connectivity index (χ2n) is 7.90. The van der Waals surface area contributed by atoms with Gasteiger partial charge in [0.1, 0.15) is 18.2 Å². The first kappa shape index (κ1) is 21.8. The molecule has 2 heterocycles. The average molecular weight is 411 g/mol. The van der Waals surface area contributed by atoms with Crippen molar-refractivity contribution in [3.63, 3.8) is 0 Å². The number of pyridine rings is 1. The van der Waals surface area contributed by atoms with Crippen LogP contribution in [0, 0.1) is 12.8 Å². The number of para-hydroxylation sites is 1. The lowest BCUT2D eigenvalue weighted by Crippen LogP contribution is -2.44. The Morgan fingerprint density at radius 2 is 2.03 bits per heavy atom. The van der Waals surface area contributed by atoms with Crippen molar-refractivity contribution in [3.8, 4) is 5.75 Å². The van der Waals surface area contributed by atoms with Gasteiger partial charge in [-0.1, -0.05) is 18.2 Å². The summed E-state index contributed by atoms with van der Waals surface area (Å²) >= 11 is 0. The number of aryl methyl sites for hydroxylation is 1. The van der Waals surface area contributed by atoms with Crippen molar-refractivity contribution in [2.24, 2.45) is 5.92 Å². The Labute approximate surface area is 178 Å². The number of ether oxygens (including phenoxy) is 1. The van der Waals surface area contributed by atoms with Gasteiger partial charge in [-0.3, -0.25) is 9.59 Å². The monoisotopic (exact) mass is 410 g/mol. The number of aromatic nitrogens is 1. The van der Waals surface area contributed by atoms with Crippen LogP contribution in [0.15, 0.2) is 42.6 Å². The molecule has 160 valence electrons. The van der Waals surface area contributed by atoms with Crippen LogP contribution in [0.1, 0.15) is 28.8 Å². The summed E-state index contributed by atoms with van der Waals surface area (Å²) in [5.74, 6) is 0.711. The molecule has 1 saturated heterocycles. The lowest BCUT2D eigenvalue weighted by Gasteiger charge is -2.32. The lowest BCUT2D eigenvalue weighted by atomic mass is 9.96. The van der Waals surface area contributed by atoms with E-state index in [1.165, 1.54) is 0 Å². The van der Waals surface area contributed by atoms with E-state index in [9.17, 15) is 9.59 Å². The number of carbonyl (C=O) groups excluding carboxylic acids is 2. The fraction of sp³-hybridized carbons (Fsp3) is 0.435. The number of nitrogens with zero attached hydrogens (tertiary/aromatic N) is 3. The number of hydrogen-bond acceptors (Lipinski definition) is 5. The minimum Gasteiger partial charge on any atom is -0.491 e. The molecule has 0 radical (unpaired) electrons. The van der Waals surface area contributed by atoms with Gasteiger partial charge >= 0.3 is 0 Å². The van der Waals surface area contributed by atoms with Crippen molar-refractivity contribution in [2.75, 3.05) is 45.7 Å². The number of carbonyl (C=O) groups is 2. The number of nitrogens with one attached hydrogen (secondary N) is 1. The van der Waals surface area contributed by atoms with Crippen molar-refractivity contribution in [3.05, 3.63) is 53.7 Å². The molecule has 1 fully saturated rings. The zero-order valence-corrected chi connectivity index (χ0v) is 17.9. The van der Waals surface area contributed by atoms with Gasteiger partial charge in [-0.25, -0.2) is 4.98 Å². The summed E-state index contributed by atoms with van der Waals surface area (Å²) in [5.41, 5.74) is 1.45. The maximum Gasteiger partial charge on any atom is 0.257 e. The van der Waals surface area contributed by atoms with Gasteiger partial charge in [0.05, 0.1) is 11.5 Å².